The Hall–Kier alpha value is -2.08. The third-order valence-electron chi connectivity index (χ3n) is 3.93. The SMILES string of the molecule is Cc1c(NC(=O)N2CCC(C)(O)CC2)cccc1C(=O)O. The molecule has 0 atom stereocenters. The Bertz CT molecular complexity index is 559. The predicted molar refractivity (Wildman–Crippen MR) is 78.6 cm³/mol. The number of aromatic carboxylic acids is 1. The number of hydrogen-bond donors (Lipinski definition) is 3. The van der Waals surface area contributed by atoms with Crippen LogP contribution in [0.15, 0.2) is 18.2 Å². The zero-order valence-corrected chi connectivity index (χ0v) is 12.2. The maximum absolute atomic E-state index is 12.2. The minimum Gasteiger partial charge on any atom is -0.478 e. The number of carboxylic acid groups (broad SMARTS) is 1. The molecule has 1 aliphatic heterocycles. The molecular weight excluding hydrogens is 272 g/mol. The van der Waals surface area contributed by atoms with E-state index >= 15 is 0 Å². The zero-order chi connectivity index (χ0) is 15.6. The zero-order valence-electron chi connectivity index (χ0n) is 12.2. The van der Waals surface area contributed by atoms with E-state index in [1.54, 1.807) is 30.9 Å². The van der Waals surface area contributed by atoms with Crippen molar-refractivity contribution in [2.75, 3.05) is 18.4 Å². The van der Waals surface area contributed by atoms with Crippen LogP contribution >= 0.6 is 0 Å². The molecule has 6 nitrogen and oxygen atoms in total. The highest BCUT2D eigenvalue weighted by Gasteiger charge is 2.29. The molecule has 21 heavy (non-hydrogen) atoms. The van der Waals surface area contributed by atoms with E-state index in [-0.39, 0.29) is 11.6 Å². The molecule has 114 valence electrons. The fraction of sp³-hybridized carbons (Fsp3) is 0.467. The summed E-state index contributed by atoms with van der Waals surface area (Å²) in [5.41, 5.74) is 0.490. The minimum absolute atomic E-state index is 0.175. The van der Waals surface area contributed by atoms with E-state index in [9.17, 15) is 14.7 Å². The second-order valence-electron chi connectivity index (χ2n) is 5.70. The highest BCUT2D eigenvalue weighted by Crippen LogP contribution is 2.23. The van der Waals surface area contributed by atoms with Crippen molar-refractivity contribution >= 4 is 17.7 Å². The van der Waals surface area contributed by atoms with Crippen molar-refractivity contribution in [2.24, 2.45) is 0 Å². The first kappa shape index (κ1) is 15.3. The smallest absolute Gasteiger partial charge is 0.336 e. The van der Waals surface area contributed by atoms with Crippen molar-refractivity contribution in [3.63, 3.8) is 0 Å². The summed E-state index contributed by atoms with van der Waals surface area (Å²) in [4.78, 5) is 24.9. The van der Waals surface area contributed by atoms with E-state index in [1.807, 2.05) is 0 Å². The van der Waals surface area contributed by atoms with Crippen molar-refractivity contribution in [3.05, 3.63) is 29.3 Å². The Balaban J connectivity index is 2.07. The number of urea groups is 1. The molecule has 0 aromatic heterocycles. The first-order valence-electron chi connectivity index (χ1n) is 6.91. The molecule has 1 heterocycles. The molecule has 0 bridgehead atoms. The van der Waals surface area contributed by atoms with Crippen LogP contribution in [-0.4, -0.2) is 45.8 Å². The lowest BCUT2D eigenvalue weighted by atomic mass is 9.94. The van der Waals surface area contributed by atoms with E-state index in [0.717, 1.165) is 0 Å². The Kier molecular flexibility index (Phi) is 4.18. The number of carbonyl (C=O) groups is 2. The molecule has 1 fully saturated rings. The van der Waals surface area contributed by atoms with Crippen LogP contribution in [0.5, 0.6) is 0 Å². The Labute approximate surface area is 123 Å². The number of carboxylic acids is 1. The molecule has 2 rings (SSSR count). The lowest BCUT2D eigenvalue weighted by Gasteiger charge is -2.35. The number of anilines is 1. The topological polar surface area (TPSA) is 89.9 Å². The quantitative estimate of drug-likeness (QED) is 0.778. The molecule has 1 aromatic carbocycles. The lowest BCUT2D eigenvalue weighted by molar-refractivity contribution is 0.00569. The Morgan fingerprint density at radius 2 is 1.90 bits per heavy atom. The molecule has 2 amide bonds. The summed E-state index contributed by atoms with van der Waals surface area (Å²) in [5, 5.41) is 21.7. The van der Waals surface area contributed by atoms with Crippen LogP contribution in [0.2, 0.25) is 0 Å². The number of hydrogen-bond acceptors (Lipinski definition) is 3. The van der Waals surface area contributed by atoms with Crippen LogP contribution in [0.3, 0.4) is 0 Å². The van der Waals surface area contributed by atoms with Crippen molar-refractivity contribution in [2.45, 2.75) is 32.3 Å². The molecule has 0 unspecified atom stereocenters. The van der Waals surface area contributed by atoms with E-state index < -0.39 is 11.6 Å². The van der Waals surface area contributed by atoms with Gasteiger partial charge in [0.1, 0.15) is 0 Å². The fourth-order valence-corrected chi connectivity index (χ4v) is 2.39. The second kappa shape index (κ2) is 5.73. The van der Waals surface area contributed by atoms with Crippen molar-refractivity contribution in [3.8, 4) is 0 Å². The Morgan fingerprint density at radius 1 is 1.29 bits per heavy atom. The standard InChI is InChI=1S/C15H20N2O4/c1-10-11(13(18)19)4-3-5-12(10)16-14(20)17-8-6-15(2,21)7-9-17/h3-5,21H,6-9H2,1-2H3,(H,16,20)(H,18,19). The third-order valence-corrected chi connectivity index (χ3v) is 3.93. The van der Waals surface area contributed by atoms with Gasteiger partial charge in [0, 0.05) is 18.8 Å². The monoisotopic (exact) mass is 292 g/mol. The van der Waals surface area contributed by atoms with Crippen LogP contribution in [0.25, 0.3) is 0 Å². The van der Waals surface area contributed by atoms with Gasteiger partial charge in [-0.3, -0.25) is 0 Å². The van der Waals surface area contributed by atoms with Crippen molar-refractivity contribution in [1.82, 2.24) is 4.90 Å². The summed E-state index contributed by atoms with van der Waals surface area (Å²) in [6, 6.07) is 4.52. The summed E-state index contributed by atoms with van der Waals surface area (Å²) in [6.07, 6.45) is 1.07. The number of rotatable bonds is 2. The minimum atomic E-state index is -1.02. The number of carbonyl (C=O) groups excluding carboxylic acids is 1. The molecule has 1 saturated heterocycles. The average Bonchev–Trinajstić information content (AvgIpc) is 2.40. The molecule has 3 N–H and O–H groups in total. The molecule has 0 radical (unpaired) electrons. The Morgan fingerprint density at radius 3 is 2.48 bits per heavy atom. The molecule has 0 aliphatic carbocycles. The molecule has 6 heteroatoms. The number of benzene rings is 1. The van der Waals surface area contributed by atoms with Gasteiger partial charge in [0.2, 0.25) is 0 Å². The van der Waals surface area contributed by atoms with Gasteiger partial charge in [-0.1, -0.05) is 6.07 Å². The van der Waals surface area contributed by atoms with Gasteiger partial charge in [-0.2, -0.15) is 0 Å². The van der Waals surface area contributed by atoms with Gasteiger partial charge < -0.3 is 20.4 Å². The fourth-order valence-electron chi connectivity index (χ4n) is 2.39. The molecule has 1 aliphatic rings. The number of nitrogens with one attached hydrogen (secondary N) is 1. The normalized spacial score (nSPS) is 17.4. The third kappa shape index (κ3) is 3.52. The highest BCUT2D eigenvalue weighted by atomic mass is 16.4. The summed E-state index contributed by atoms with van der Waals surface area (Å²) in [6.45, 7) is 4.40. The van der Waals surface area contributed by atoms with Gasteiger partial charge in [0.15, 0.2) is 0 Å². The molecule has 0 spiro atoms. The van der Waals surface area contributed by atoms with Gasteiger partial charge in [-0.05, 0) is 44.4 Å². The predicted octanol–water partition coefficient (Wildman–Crippen LogP) is 2.07. The first-order chi connectivity index (χ1) is 9.80. The largest absolute Gasteiger partial charge is 0.478 e. The number of piperidine rings is 1. The van der Waals surface area contributed by atoms with E-state index in [2.05, 4.69) is 5.32 Å². The molecule has 1 aromatic rings. The average molecular weight is 292 g/mol. The summed E-state index contributed by atoms with van der Waals surface area (Å²) in [7, 11) is 0. The maximum atomic E-state index is 12.2. The van der Waals surface area contributed by atoms with Gasteiger partial charge in [0.25, 0.3) is 0 Å². The van der Waals surface area contributed by atoms with Gasteiger partial charge in [-0.15, -0.1) is 0 Å². The van der Waals surface area contributed by atoms with Crippen LogP contribution < -0.4 is 5.32 Å². The van der Waals surface area contributed by atoms with E-state index in [1.165, 1.54) is 6.07 Å². The summed E-state index contributed by atoms with van der Waals surface area (Å²) >= 11 is 0. The van der Waals surface area contributed by atoms with Gasteiger partial charge in [-0.25, -0.2) is 9.59 Å². The summed E-state index contributed by atoms with van der Waals surface area (Å²) in [5.74, 6) is -1.02. The number of likely N-dealkylation sites (tertiary alicyclic amines) is 1. The van der Waals surface area contributed by atoms with Gasteiger partial charge in [0.05, 0.1) is 11.2 Å². The van der Waals surface area contributed by atoms with Crippen molar-refractivity contribution < 1.29 is 19.8 Å². The van der Waals surface area contributed by atoms with Crippen LogP contribution in [0.4, 0.5) is 10.5 Å². The first-order valence-corrected chi connectivity index (χ1v) is 6.91. The highest BCUT2D eigenvalue weighted by molar-refractivity contribution is 5.95. The van der Waals surface area contributed by atoms with Crippen LogP contribution in [0, 0.1) is 6.92 Å². The molecule has 0 saturated carbocycles. The second-order valence-corrected chi connectivity index (χ2v) is 5.70. The van der Waals surface area contributed by atoms with E-state index in [0.29, 0.717) is 37.2 Å². The van der Waals surface area contributed by atoms with E-state index in [4.69, 9.17) is 5.11 Å². The van der Waals surface area contributed by atoms with Crippen LogP contribution in [-0.2, 0) is 0 Å². The lowest BCUT2D eigenvalue weighted by Crippen LogP contribution is -2.46. The maximum Gasteiger partial charge on any atom is 0.336 e. The molecular formula is C15H20N2O4. The number of nitrogens with zero attached hydrogens (tertiary/aromatic N) is 1. The van der Waals surface area contributed by atoms with Crippen LogP contribution in [0.1, 0.15) is 35.7 Å². The van der Waals surface area contributed by atoms with Crippen molar-refractivity contribution in [1.29, 1.82) is 0 Å². The number of amides is 2. The summed E-state index contributed by atoms with van der Waals surface area (Å²) < 4.78 is 0. The number of aliphatic hydroxyl groups is 1. The van der Waals surface area contributed by atoms with Gasteiger partial charge >= 0.3 is 12.0 Å².